The first-order chi connectivity index (χ1) is 12.9. The molecule has 0 atom stereocenters. The van der Waals surface area contributed by atoms with Crippen molar-refractivity contribution in [3.8, 4) is 16.8 Å². The van der Waals surface area contributed by atoms with Gasteiger partial charge in [0.15, 0.2) is 0 Å². The van der Waals surface area contributed by atoms with Gasteiger partial charge in [0.2, 0.25) is 0 Å². The van der Waals surface area contributed by atoms with Crippen LogP contribution in [0.5, 0.6) is 0 Å². The summed E-state index contributed by atoms with van der Waals surface area (Å²) in [7, 11) is 0. The average molecular weight is 331 g/mol. The standard InChI is InChI=1S/C25H17N/c1-2-9-19(10-3-1)26-24-13-7-6-12-21(24)23-15-18-14-17-8-4-5-11-20(17)22(18)16-25(23)26/h1-13,15-16H,14H2. The molecular weight excluding hydrogens is 314 g/mol. The summed E-state index contributed by atoms with van der Waals surface area (Å²) in [6.45, 7) is 0. The summed E-state index contributed by atoms with van der Waals surface area (Å²) in [6.07, 6.45) is 1.03. The van der Waals surface area contributed by atoms with Gasteiger partial charge in [-0.1, -0.05) is 60.7 Å². The first kappa shape index (κ1) is 13.9. The number of aromatic nitrogens is 1. The summed E-state index contributed by atoms with van der Waals surface area (Å²) in [6, 6.07) is 33.0. The van der Waals surface area contributed by atoms with Crippen LogP contribution in [0.2, 0.25) is 0 Å². The summed E-state index contributed by atoms with van der Waals surface area (Å²) < 4.78 is 2.39. The molecule has 0 bridgehead atoms. The molecule has 0 saturated carbocycles. The highest BCUT2D eigenvalue weighted by Crippen LogP contribution is 2.42. The first-order valence-electron chi connectivity index (χ1n) is 9.10. The molecule has 1 aromatic heterocycles. The molecule has 4 aromatic carbocycles. The Labute approximate surface area is 152 Å². The van der Waals surface area contributed by atoms with Crippen molar-refractivity contribution in [1.82, 2.24) is 4.57 Å². The van der Waals surface area contributed by atoms with Crippen LogP contribution in [0.15, 0.2) is 91.0 Å². The highest BCUT2D eigenvalue weighted by Gasteiger charge is 2.21. The van der Waals surface area contributed by atoms with Gasteiger partial charge in [-0.25, -0.2) is 0 Å². The number of hydrogen-bond donors (Lipinski definition) is 0. The minimum absolute atomic E-state index is 1.03. The Balaban J connectivity index is 1.77. The molecule has 0 fully saturated rings. The molecule has 0 amide bonds. The predicted molar refractivity (Wildman–Crippen MR) is 109 cm³/mol. The number of hydrogen-bond acceptors (Lipinski definition) is 0. The summed E-state index contributed by atoms with van der Waals surface area (Å²) >= 11 is 0. The molecule has 0 aliphatic heterocycles. The van der Waals surface area contributed by atoms with Crippen molar-refractivity contribution in [2.24, 2.45) is 0 Å². The van der Waals surface area contributed by atoms with Crippen LogP contribution in [-0.4, -0.2) is 4.57 Å². The van der Waals surface area contributed by atoms with E-state index in [9.17, 15) is 0 Å². The smallest absolute Gasteiger partial charge is 0.0547 e. The third kappa shape index (κ3) is 1.80. The van der Waals surface area contributed by atoms with E-state index in [1.807, 2.05) is 0 Å². The zero-order valence-corrected chi connectivity index (χ0v) is 14.3. The topological polar surface area (TPSA) is 4.93 Å². The van der Waals surface area contributed by atoms with Crippen molar-refractivity contribution in [3.05, 3.63) is 102 Å². The highest BCUT2D eigenvalue weighted by molar-refractivity contribution is 6.11. The molecule has 26 heavy (non-hydrogen) atoms. The molecule has 1 aliphatic rings. The lowest BCUT2D eigenvalue weighted by atomic mass is 10.0. The molecule has 1 heterocycles. The monoisotopic (exact) mass is 331 g/mol. The van der Waals surface area contributed by atoms with Crippen LogP contribution in [0.25, 0.3) is 38.6 Å². The summed E-state index contributed by atoms with van der Waals surface area (Å²) in [4.78, 5) is 0. The highest BCUT2D eigenvalue weighted by atomic mass is 15.0. The number of benzene rings is 4. The van der Waals surface area contributed by atoms with Gasteiger partial charge in [-0.3, -0.25) is 0 Å². The quantitative estimate of drug-likeness (QED) is 0.330. The molecule has 6 rings (SSSR count). The third-order valence-electron chi connectivity index (χ3n) is 5.60. The second-order valence-electron chi connectivity index (χ2n) is 7.05. The van der Waals surface area contributed by atoms with Crippen LogP contribution in [-0.2, 0) is 6.42 Å². The minimum Gasteiger partial charge on any atom is -0.309 e. The Hall–Kier alpha value is -3.32. The Morgan fingerprint density at radius 3 is 2.23 bits per heavy atom. The number of para-hydroxylation sites is 2. The van der Waals surface area contributed by atoms with E-state index in [4.69, 9.17) is 0 Å². The Bertz CT molecular complexity index is 1290. The summed E-state index contributed by atoms with van der Waals surface area (Å²) in [5, 5.41) is 2.67. The van der Waals surface area contributed by atoms with Gasteiger partial charge in [0.1, 0.15) is 0 Å². The lowest BCUT2D eigenvalue weighted by molar-refractivity contribution is 1.18. The fourth-order valence-electron chi connectivity index (χ4n) is 4.45. The van der Waals surface area contributed by atoms with Crippen molar-refractivity contribution in [2.75, 3.05) is 0 Å². The lowest BCUT2D eigenvalue weighted by Gasteiger charge is -2.09. The molecule has 0 radical (unpaired) electrons. The maximum atomic E-state index is 2.41. The third-order valence-corrected chi connectivity index (χ3v) is 5.60. The fourth-order valence-corrected chi connectivity index (χ4v) is 4.45. The van der Waals surface area contributed by atoms with Crippen LogP contribution in [0.1, 0.15) is 11.1 Å². The molecule has 1 heteroatoms. The van der Waals surface area contributed by atoms with Crippen LogP contribution in [0.4, 0.5) is 0 Å². The molecular formula is C25H17N. The molecule has 1 nitrogen and oxygen atoms in total. The second-order valence-corrected chi connectivity index (χ2v) is 7.05. The molecule has 0 N–H and O–H groups in total. The summed E-state index contributed by atoms with van der Waals surface area (Å²) in [5.41, 5.74) is 9.41. The van der Waals surface area contributed by atoms with Crippen LogP contribution in [0.3, 0.4) is 0 Å². The van der Waals surface area contributed by atoms with Crippen LogP contribution >= 0.6 is 0 Å². The maximum absolute atomic E-state index is 2.41. The molecule has 1 aliphatic carbocycles. The maximum Gasteiger partial charge on any atom is 0.0547 e. The van der Waals surface area contributed by atoms with Gasteiger partial charge in [0.25, 0.3) is 0 Å². The normalized spacial score (nSPS) is 12.5. The lowest BCUT2D eigenvalue weighted by Crippen LogP contribution is -1.93. The zero-order chi connectivity index (χ0) is 17.1. The number of nitrogens with zero attached hydrogens (tertiary/aromatic N) is 1. The molecule has 122 valence electrons. The van der Waals surface area contributed by atoms with Crippen molar-refractivity contribution in [1.29, 1.82) is 0 Å². The number of rotatable bonds is 1. The minimum atomic E-state index is 1.03. The molecule has 0 unspecified atom stereocenters. The van der Waals surface area contributed by atoms with Crippen LogP contribution < -0.4 is 0 Å². The van der Waals surface area contributed by atoms with Gasteiger partial charge in [0.05, 0.1) is 11.0 Å². The zero-order valence-electron chi connectivity index (χ0n) is 14.3. The van der Waals surface area contributed by atoms with Gasteiger partial charge in [-0.05, 0) is 59.0 Å². The predicted octanol–water partition coefficient (Wildman–Crippen LogP) is 6.35. The average Bonchev–Trinajstić information content (AvgIpc) is 3.22. The van der Waals surface area contributed by atoms with Gasteiger partial charge in [-0.2, -0.15) is 0 Å². The van der Waals surface area contributed by atoms with Crippen LogP contribution in [0, 0.1) is 0 Å². The molecule has 0 spiro atoms. The van der Waals surface area contributed by atoms with E-state index in [0.29, 0.717) is 0 Å². The van der Waals surface area contributed by atoms with E-state index in [0.717, 1.165) is 6.42 Å². The molecule has 5 aromatic rings. The second kappa shape index (κ2) is 5.09. The van der Waals surface area contributed by atoms with Gasteiger partial charge in [0, 0.05) is 16.5 Å². The van der Waals surface area contributed by atoms with Crippen molar-refractivity contribution < 1.29 is 0 Å². The van der Waals surface area contributed by atoms with Crippen molar-refractivity contribution in [3.63, 3.8) is 0 Å². The Morgan fingerprint density at radius 1 is 0.538 bits per heavy atom. The largest absolute Gasteiger partial charge is 0.309 e. The SMILES string of the molecule is c1ccc(-n2c3ccccc3c3cc4c(cc32)-c2ccccc2C4)cc1. The first-order valence-corrected chi connectivity index (χ1v) is 9.10. The fraction of sp³-hybridized carbons (Fsp3) is 0.0400. The van der Waals surface area contributed by atoms with Gasteiger partial charge < -0.3 is 4.57 Å². The van der Waals surface area contributed by atoms with Crippen molar-refractivity contribution >= 4 is 21.8 Å². The van der Waals surface area contributed by atoms with E-state index in [-0.39, 0.29) is 0 Å². The number of fused-ring (bicyclic) bond motifs is 6. The van der Waals surface area contributed by atoms with E-state index >= 15 is 0 Å². The van der Waals surface area contributed by atoms with Gasteiger partial charge in [-0.15, -0.1) is 0 Å². The Morgan fingerprint density at radius 2 is 1.31 bits per heavy atom. The van der Waals surface area contributed by atoms with E-state index in [1.165, 1.54) is 49.7 Å². The van der Waals surface area contributed by atoms with Gasteiger partial charge >= 0.3 is 0 Å². The Kier molecular flexibility index (Phi) is 2.72. The molecule has 0 saturated heterocycles. The van der Waals surface area contributed by atoms with E-state index < -0.39 is 0 Å². The van der Waals surface area contributed by atoms with E-state index in [2.05, 4.69) is 95.6 Å². The summed E-state index contributed by atoms with van der Waals surface area (Å²) in [5.74, 6) is 0. The van der Waals surface area contributed by atoms with E-state index in [1.54, 1.807) is 0 Å². The van der Waals surface area contributed by atoms with Crippen molar-refractivity contribution in [2.45, 2.75) is 6.42 Å².